The molecule has 0 aliphatic heterocycles. The molecule has 0 fully saturated rings. The van der Waals surface area contributed by atoms with E-state index >= 15 is 0 Å². The topological polar surface area (TPSA) is 63.4 Å². The van der Waals surface area contributed by atoms with Gasteiger partial charge in [0.1, 0.15) is 0 Å². The highest BCUT2D eigenvalue weighted by Gasteiger charge is 2.24. The van der Waals surface area contributed by atoms with Crippen LogP contribution in [0.2, 0.25) is 0 Å². The number of rotatable bonds is 4. The molecular formula is C15H18N2O2S. The van der Waals surface area contributed by atoms with Crippen molar-refractivity contribution < 1.29 is 8.42 Å². The normalized spacial score (nSPS) is 11.3. The lowest BCUT2D eigenvalue weighted by molar-refractivity contribution is 0.597. The van der Waals surface area contributed by atoms with Crippen LogP contribution in [-0.4, -0.2) is 14.2 Å². The van der Waals surface area contributed by atoms with E-state index in [2.05, 4.69) is 0 Å². The first-order chi connectivity index (χ1) is 9.45. The molecule has 4 nitrogen and oxygen atoms in total. The van der Waals surface area contributed by atoms with Crippen molar-refractivity contribution in [2.24, 2.45) is 0 Å². The Labute approximate surface area is 119 Å². The summed E-state index contributed by atoms with van der Waals surface area (Å²) in [5.41, 5.74) is 8.42. The van der Waals surface area contributed by atoms with Crippen molar-refractivity contribution in [2.45, 2.75) is 13.8 Å². The molecule has 106 valence electrons. The van der Waals surface area contributed by atoms with Crippen molar-refractivity contribution in [3.8, 4) is 0 Å². The molecule has 5 heteroatoms. The van der Waals surface area contributed by atoms with Crippen molar-refractivity contribution >= 4 is 27.1 Å². The Morgan fingerprint density at radius 2 is 1.75 bits per heavy atom. The highest BCUT2D eigenvalue weighted by molar-refractivity contribution is 7.93. The van der Waals surface area contributed by atoms with Gasteiger partial charge in [0.05, 0.1) is 17.1 Å². The standard InChI is InChI=1S/C15H18N2O2S/c1-3-20(18,19)17(14-7-5-4-6-8-14)15-11-13(16)10-9-12(15)2/h4-11H,3,16H2,1-2H3. The van der Waals surface area contributed by atoms with Gasteiger partial charge >= 0.3 is 0 Å². The van der Waals surface area contributed by atoms with Crippen molar-refractivity contribution in [1.29, 1.82) is 0 Å². The van der Waals surface area contributed by atoms with E-state index in [-0.39, 0.29) is 5.75 Å². The Balaban J connectivity index is 2.68. The molecule has 20 heavy (non-hydrogen) atoms. The van der Waals surface area contributed by atoms with Crippen LogP contribution in [0.1, 0.15) is 12.5 Å². The average molecular weight is 290 g/mol. The van der Waals surface area contributed by atoms with Gasteiger partial charge in [-0.3, -0.25) is 0 Å². The minimum Gasteiger partial charge on any atom is -0.399 e. The van der Waals surface area contributed by atoms with Crippen molar-refractivity contribution in [1.82, 2.24) is 0 Å². The van der Waals surface area contributed by atoms with Crippen LogP contribution in [0, 0.1) is 6.92 Å². The van der Waals surface area contributed by atoms with Gasteiger partial charge in [-0.1, -0.05) is 24.3 Å². The second-order valence-corrected chi connectivity index (χ2v) is 6.65. The summed E-state index contributed by atoms with van der Waals surface area (Å²) >= 11 is 0. The van der Waals surface area contributed by atoms with E-state index in [4.69, 9.17) is 5.73 Å². The molecule has 2 aromatic carbocycles. The predicted molar refractivity (Wildman–Crippen MR) is 83.6 cm³/mol. The minimum absolute atomic E-state index is 0.0239. The third-order valence-corrected chi connectivity index (χ3v) is 4.78. The number of nitrogen functional groups attached to an aromatic ring is 1. The van der Waals surface area contributed by atoms with E-state index in [1.165, 1.54) is 4.31 Å². The van der Waals surface area contributed by atoms with Gasteiger partial charge in [0.2, 0.25) is 10.0 Å². The van der Waals surface area contributed by atoms with Gasteiger partial charge in [-0.15, -0.1) is 0 Å². The lowest BCUT2D eigenvalue weighted by Gasteiger charge is -2.25. The summed E-state index contributed by atoms with van der Waals surface area (Å²) in [6.45, 7) is 3.50. The molecule has 2 N–H and O–H groups in total. The summed E-state index contributed by atoms with van der Waals surface area (Å²) in [5.74, 6) is 0.0239. The molecule has 0 atom stereocenters. The van der Waals surface area contributed by atoms with Gasteiger partial charge < -0.3 is 5.73 Å². The summed E-state index contributed by atoms with van der Waals surface area (Å²) in [4.78, 5) is 0. The smallest absolute Gasteiger partial charge is 0.239 e. The Kier molecular flexibility index (Phi) is 3.99. The highest BCUT2D eigenvalue weighted by atomic mass is 32.2. The van der Waals surface area contributed by atoms with Gasteiger partial charge in [-0.2, -0.15) is 0 Å². The fraction of sp³-hybridized carbons (Fsp3) is 0.200. The molecule has 0 heterocycles. The first-order valence-electron chi connectivity index (χ1n) is 6.40. The molecule has 0 bridgehead atoms. The Morgan fingerprint density at radius 3 is 2.35 bits per heavy atom. The third kappa shape index (κ3) is 2.77. The van der Waals surface area contributed by atoms with Crippen LogP contribution in [0.25, 0.3) is 0 Å². The molecule has 2 rings (SSSR count). The van der Waals surface area contributed by atoms with Crippen LogP contribution in [0.15, 0.2) is 48.5 Å². The van der Waals surface area contributed by atoms with E-state index in [9.17, 15) is 8.42 Å². The zero-order chi connectivity index (χ0) is 14.8. The van der Waals surface area contributed by atoms with Gasteiger partial charge in [0, 0.05) is 5.69 Å². The fourth-order valence-electron chi connectivity index (χ4n) is 1.99. The zero-order valence-electron chi connectivity index (χ0n) is 11.6. The number of aryl methyl sites for hydroxylation is 1. The van der Waals surface area contributed by atoms with Gasteiger partial charge in [-0.25, -0.2) is 12.7 Å². The molecule has 0 aliphatic carbocycles. The number of sulfonamides is 1. The number of hydrogen-bond donors (Lipinski definition) is 1. The largest absolute Gasteiger partial charge is 0.399 e. The summed E-state index contributed by atoms with van der Waals surface area (Å²) in [5, 5.41) is 0. The van der Waals surface area contributed by atoms with E-state index in [1.807, 2.05) is 31.2 Å². The summed E-state index contributed by atoms with van der Waals surface area (Å²) in [6.07, 6.45) is 0. The van der Waals surface area contributed by atoms with Gasteiger partial charge in [0.15, 0.2) is 0 Å². The maximum Gasteiger partial charge on any atom is 0.239 e. The van der Waals surface area contributed by atoms with Crippen LogP contribution in [0.5, 0.6) is 0 Å². The highest BCUT2D eigenvalue weighted by Crippen LogP contribution is 2.32. The SMILES string of the molecule is CCS(=O)(=O)N(c1ccccc1)c1cc(N)ccc1C. The number of nitrogens with two attached hydrogens (primary N) is 1. The fourth-order valence-corrected chi connectivity index (χ4v) is 3.18. The maximum atomic E-state index is 12.4. The Bertz CT molecular complexity index is 697. The molecule has 0 unspecified atom stereocenters. The first kappa shape index (κ1) is 14.4. The zero-order valence-corrected chi connectivity index (χ0v) is 12.4. The number of para-hydroxylation sites is 1. The van der Waals surface area contributed by atoms with Gasteiger partial charge in [0.25, 0.3) is 0 Å². The molecule has 0 aliphatic rings. The van der Waals surface area contributed by atoms with Crippen LogP contribution >= 0.6 is 0 Å². The summed E-state index contributed by atoms with van der Waals surface area (Å²) in [6, 6.07) is 14.3. The minimum atomic E-state index is -3.43. The molecule has 0 spiro atoms. The first-order valence-corrected chi connectivity index (χ1v) is 8.01. The average Bonchev–Trinajstić information content (AvgIpc) is 2.44. The van der Waals surface area contributed by atoms with E-state index in [1.54, 1.807) is 31.2 Å². The lowest BCUT2D eigenvalue weighted by Crippen LogP contribution is -2.28. The van der Waals surface area contributed by atoms with E-state index in [0.29, 0.717) is 17.1 Å². The molecule has 0 saturated carbocycles. The number of anilines is 3. The second kappa shape index (κ2) is 5.54. The van der Waals surface area contributed by atoms with E-state index < -0.39 is 10.0 Å². The quantitative estimate of drug-likeness (QED) is 0.880. The second-order valence-electron chi connectivity index (χ2n) is 4.55. The van der Waals surface area contributed by atoms with Crippen LogP contribution in [-0.2, 0) is 10.0 Å². The molecule has 0 amide bonds. The number of benzene rings is 2. The summed E-state index contributed by atoms with van der Waals surface area (Å²) < 4.78 is 26.3. The van der Waals surface area contributed by atoms with Crippen LogP contribution in [0.4, 0.5) is 17.1 Å². The van der Waals surface area contributed by atoms with Gasteiger partial charge in [-0.05, 0) is 43.7 Å². The monoisotopic (exact) mass is 290 g/mol. The van der Waals surface area contributed by atoms with Crippen molar-refractivity contribution in [3.05, 3.63) is 54.1 Å². The Morgan fingerprint density at radius 1 is 1.10 bits per heavy atom. The molecule has 0 aromatic heterocycles. The maximum absolute atomic E-state index is 12.4. The predicted octanol–water partition coefficient (Wildman–Crippen LogP) is 3.07. The van der Waals surface area contributed by atoms with Crippen molar-refractivity contribution in [3.63, 3.8) is 0 Å². The van der Waals surface area contributed by atoms with Crippen molar-refractivity contribution in [2.75, 3.05) is 15.8 Å². The lowest BCUT2D eigenvalue weighted by atomic mass is 10.1. The van der Waals surface area contributed by atoms with E-state index in [0.717, 1.165) is 5.56 Å². The molecular weight excluding hydrogens is 272 g/mol. The number of hydrogen-bond acceptors (Lipinski definition) is 3. The van der Waals surface area contributed by atoms with Crippen LogP contribution in [0.3, 0.4) is 0 Å². The summed E-state index contributed by atoms with van der Waals surface area (Å²) in [7, 11) is -3.43. The Hall–Kier alpha value is -2.01. The molecule has 2 aromatic rings. The third-order valence-electron chi connectivity index (χ3n) is 3.09. The molecule has 0 radical (unpaired) electrons. The molecule has 0 saturated heterocycles. The van der Waals surface area contributed by atoms with Crippen LogP contribution < -0.4 is 10.0 Å². The number of nitrogens with zero attached hydrogens (tertiary/aromatic N) is 1.